The molecule has 1 heterocycles. The van der Waals surface area contributed by atoms with E-state index >= 15 is 0 Å². The second-order valence-electron chi connectivity index (χ2n) is 7.84. The van der Waals surface area contributed by atoms with E-state index in [9.17, 15) is 4.79 Å². The molecule has 0 atom stereocenters. The molecule has 1 aliphatic heterocycles. The fourth-order valence-corrected chi connectivity index (χ4v) is 4.29. The number of halogens is 1. The summed E-state index contributed by atoms with van der Waals surface area (Å²) in [5.41, 5.74) is 4.62. The van der Waals surface area contributed by atoms with E-state index in [2.05, 4.69) is 18.3 Å². The quantitative estimate of drug-likeness (QED) is 0.532. The van der Waals surface area contributed by atoms with Crippen molar-refractivity contribution < 1.29 is 15.7 Å². The Morgan fingerprint density at radius 2 is 1.90 bits per heavy atom. The van der Waals surface area contributed by atoms with Crippen LogP contribution in [0.1, 0.15) is 32.3 Å². The number of fused-ring (bicyclic) bond motifs is 1. The number of ether oxygens (including phenoxy) is 2. The Bertz CT molecular complexity index is 1140. The van der Waals surface area contributed by atoms with Crippen LogP contribution >= 0.6 is 11.6 Å². The first-order chi connectivity index (χ1) is 14.6. The maximum Gasteiger partial charge on any atom is 0.235 e. The molecule has 5 rings (SSSR count). The zero-order valence-electron chi connectivity index (χ0n) is 16.7. The summed E-state index contributed by atoms with van der Waals surface area (Å²) in [7, 11) is 0. The number of aryl methyl sites for hydroxylation is 1. The van der Waals surface area contributed by atoms with Gasteiger partial charge in [-0.15, -0.1) is 0 Å². The lowest BCUT2D eigenvalue weighted by atomic mass is 9.93. The second kappa shape index (κ2) is 7.37. The molecule has 3 aromatic rings. The summed E-state index contributed by atoms with van der Waals surface area (Å²) in [5.74, 6) is 1.46. The van der Waals surface area contributed by atoms with Crippen molar-refractivity contribution in [2.75, 3.05) is 12.1 Å². The molecule has 30 heavy (non-hydrogen) atoms. The van der Waals surface area contributed by atoms with Crippen LogP contribution < -0.4 is 14.8 Å². The zero-order chi connectivity index (χ0) is 20.7. The standard InChI is InChI=1S/C25H22ClNO3.H2/c1-2-16-6-8-20(14-21(16)17-4-3-5-19(26)12-17)27-24(28)25(10-11-25)18-7-9-22-23(13-18)30-15-29-22;/h3-9,12-14H,2,10-11,15H2,1H3,(H,27,28);1H. The minimum absolute atomic E-state index is 0. The summed E-state index contributed by atoms with van der Waals surface area (Å²) >= 11 is 6.20. The van der Waals surface area contributed by atoms with Gasteiger partial charge in [-0.05, 0) is 77.9 Å². The Balaban J connectivity index is 0.00000231. The molecule has 0 aromatic heterocycles. The van der Waals surface area contributed by atoms with Gasteiger partial charge in [-0.1, -0.05) is 42.8 Å². The molecule has 0 radical (unpaired) electrons. The number of carbonyl (C=O) groups is 1. The number of hydrogen-bond acceptors (Lipinski definition) is 3. The van der Waals surface area contributed by atoms with Crippen molar-refractivity contribution in [3.63, 3.8) is 0 Å². The van der Waals surface area contributed by atoms with Gasteiger partial charge in [0.25, 0.3) is 0 Å². The summed E-state index contributed by atoms with van der Waals surface area (Å²) in [6, 6.07) is 19.7. The molecule has 0 spiro atoms. The highest BCUT2D eigenvalue weighted by molar-refractivity contribution is 6.30. The monoisotopic (exact) mass is 421 g/mol. The van der Waals surface area contributed by atoms with Crippen molar-refractivity contribution in [3.8, 4) is 22.6 Å². The Morgan fingerprint density at radius 3 is 2.67 bits per heavy atom. The van der Waals surface area contributed by atoms with Gasteiger partial charge in [0, 0.05) is 12.1 Å². The summed E-state index contributed by atoms with van der Waals surface area (Å²) in [4.78, 5) is 13.2. The number of nitrogens with one attached hydrogen (secondary N) is 1. The van der Waals surface area contributed by atoms with Gasteiger partial charge in [-0.25, -0.2) is 0 Å². The van der Waals surface area contributed by atoms with Crippen LogP contribution in [-0.2, 0) is 16.6 Å². The van der Waals surface area contributed by atoms with Crippen LogP contribution in [0.3, 0.4) is 0 Å². The first-order valence-electron chi connectivity index (χ1n) is 10.2. The molecule has 0 unspecified atom stereocenters. The number of hydrogen-bond donors (Lipinski definition) is 1. The highest BCUT2D eigenvalue weighted by Crippen LogP contribution is 2.51. The van der Waals surface area contributed by atoms with Crippen molar-refractivity contribution in [1.82, 2.24) is 0 Å². The van der Waals surface area contributed by atoms with E-state index in [1.54, 1.807) is 0 Å². The summed E-state index contributed by atoms with van der Waals surface area (Å²) in [6.45, 7) is 2.36. The van der Waals surface area contributed by atoms with Crippen LogP contribution in [0.2, 0.25) is 5.02 Å². The summed E-state index contributed by atoms with van der Waals surface area (Å²) in [6.07, 6.45) is 2.55. The van der Waals surface area contributed by atoms with Gasteiger partial charge in [0.1, 0.15) is 0 Å². The Morgan fingerprint density at radius 1 is 1.07 bits per heavy atom. The molecule has 2 aliphatic rings. The third kappa shape index (κ3) is 3.31. The Kier molecular flexibility index (Phi) is 4.67. The highest BCUT2D eigenvalue weighted by Gasteiger charge is 2.51. The molecule has 5 heteroatoms. The van der Waals surface area contributed by atoms with E-state index in [4.69, 9.17) is 21.1 Å². The Labute approximate surface area is 182 Å². The molecule has 0 saturated heterocycles. The fourth-order valence-electron chi connectivity index (χ4n) is 4.10. The Hall–Kier alpha value is -2.98. The summed E-state index contributed by atoms with van der Waals surface area (Å²) < 4.78 is 10.9. The minimum Gasteiger partial charge on any atom is -0.454 e. The van der Waals surface area contributed by atoms with E-state index in [0.29, 0.717) is 10.8 Å². The van der Waals surface area contributed by atoms with Gasteiger partial charge < -0.3 is 14.8 Å². The molecule has 3 aromatic carbocycles. The van der Waals surface area contributed by atoms with E-state index in [-0.39, 0.29) is 14.1 Å². The third-order valence-electron chi connectivity index (χ3n) is 5.99. The van der Waals surface area contributed by atoms with Crippen LogP contribution in [0, 0.1) is 0 Å². The van der Waals surface area contributed by atoms with Crippen molar-refractivity contribution in [2.24, 2.45) is 0 Å². The predicted octanol–water partition coefficient (Wildman–Crippen LogP) is 6.21. The average molecular weight is 422 g/mol. The molecule has 4 nitrogen and oxygen atoms in total. The fraction of sp³-hybridized carbons (Fsp3) is 0.240. The van der Waals surface area contributed by atoms with Crippen LogP contribution in [0.5, 0.6) is 11.5 Å². The third-order valence-corrected chi connectivity index (χ3v) is 6.23. The maximum absolute atomic E-state index is 13.2. The summed E-state index contributed by atoms with van der Waals surface area (Å²) in [5, 5.41) is 3.84. The normalized spacial score (nSPS) is 15.7. The van der Waals surface area contributed by atoms with E-state index in [0.717, 1.165) is 47.4 Å². The molecule has 1 amide bonds. The van der Waals surface area contributed by atoms with Crippen LogP contribution in [0.15, 0.2) is 60.7 Å². The smallest absolute Gasteiger partial charge is 0.235 e. The van der Waals surface area contributed by atoms with Gasteiger partial charge in [0.2, 0.25) is 12.7 Å². The molecular weight excluding hydrogens is 398 g/mol. The van der Waals surface area contributed by atoms with E-state index in [1.165, 1.54) is 5.56 Å². The van der Waals surface area contributed by atoms with Crippen LogP contribution in [0.25, 0.3) is 11.1 Å². The first-order valence-corrected chi connectivity index (χ1v) is 10.6. The topological polar surface area (TPSA) is 47.6 Å². The van der Waals surface area contributed by atoms with Crippen molar-refractivity contribution in [2.45, 2.75) is 31.6 Å². The van der Waals surface area contributed by atoms with Gasteiger partial charge in [-0.3, -0.25) is 4.79 Å². The molecule has 1 saturated carbocycles. The lowest BCUT2D eigenvalue weighted by molar-refractivity contribution is -0.118. The van der Waals surface area contributed by atoms with Gasteiger partial charge in [0.15, 0.2) is 11.5 Å². The highest BCUT2D eigenvalue weighted by atomic mass is 35.5. The average Bonchev–Trinajstić information content (AvgIpc) is 3.44. The molecule has 1 aliphatic carbocycles. The SMILES string of the molecule is CCc1ccc(NC(=O)C2(c3ccc4c(c3)OCO4)CC2)cc1-c1cccc(Cl)c1.[HH]. The zero-order valence-corrected chi connectivity index (χ0v) is 17.5. The number of rotatable bonds is 5. The van der Waals surface area contributed by atoms with E-state index < -0.39 is 5.41 Å². The molecule has 1 fully saturated rings. The number of benzene rings is 3. The number of anilines is 1. The molecule has 154 valence electrons. The van der Waals surface area contributed by atoms with E-state index in [1.807, 2.05) is 54.6 Å². The van der Waals surface area contributed by atoms with Gasteiger partial charge in [0.05, 0.1) is 5.41 Å². The lowest BCUT2D eigenvalue weighted by Gasteiger charge is -2.18. The molecular formula is C25H24ClNO3. The van der Waals surface area contributed by atoms with Crippen LogP contribution in [0.4, 0.5) is 5.69 Å². The lowest BCUT2D eigenvalue weighted by Crippen LogP contribution is -2.27. The predicted molar refractivity (Wildman–Crippen MR) is 120 cm³/mol. The van der Waals surface area contributed by atoms with Crippen LogP contribution in [-0.4, -0.2) is 12.7 Å². The van der Waals surface area contributed by atoms with Crippen molar-refractivity contribution in [3.05, 3.63) is 76.8 Å². The first kappa shape index (κ1) is 19.0. The number of amides is 1. The second-order valence-corrected chi connectivity index (χ2v) is 8.28. The van der Waals surface area contributed by atoms with Gasteiger partial charge >= 0.3 is 0 Å². The minimum atomic E-state index is -0.499. The largest absolute Gasteiger partial charge is 0.454 e. The molecule has 0 bridgehead atoms. The van der Waals surface area contributed by atoms with Gasteiger partial charge in [-0.2, -0.15) is 0 Å². The molecule has 1 N–H and O–H groups in total. The van der Waals surface area contributed by atoms with Crippen molar-refractivity contribution in [1.29, 1.82) is 0 Å². The van der Waals surface area contributed by atoms with Crippen molar-refractivity contribution >= 4 is 23.2 Å². The number of carbonyl (C=O) groups excluding carboxylic acids is 1. The maximum atomic E-state index is 13.2.